The molecule has 0 unspecified atom stereocenters. The van der Waals surface area contributed by atoms with Crippen LogP contribution in [0.3, 0.4) is 0 Å². The molecule has 0 aromatic heterocycles. The lowest BCUT2D eigenvalue weighted by atomic mass is 10.1. The van der Waals surface area contributed by atoms with Crippen molar-refractivity contribution in [2.75, 3.05) is 5.73 Å². The SMILES string of the molecule is Cc1cc(N)c(C(=O)OC(C)C)cc1Oc1ccc(Br)cc1. The number of hydrogen-bond acceptors (Lipinski definition) is 4. The summed E-state index contributed by atoms with van der Waals surface area (Å²) >= 11 is 3.38. The highest BCUT2D eigenvalue weighted by Crippen LogP contribution is 2.30. The van der Waals surface area contributed by atoms with E-state index in [-0.39, 0.29) is 6.10 Å². The van der Waals surface area contributed by atoms with Crippen LogP contribution in [0.15, 0.2) is 40.9 Å². The van der Waals surface area contributed by atoms with Crippen molar-refractivity contribution in [2.24, 2.45) is 0 Å². The highest BCUT2D eigenvalue weighted by atomic mass is 79.9. The first kappa shape index (κ1) is 16.4. The molecule has 2 rings (SSSR count). The fourth-order valence-corrected chi connectivity index (χ4v) is 2.17. The smallest absolute Gasteiger partial charge is 0.340 e. The molecule has 116 valence electrons. The Balaban J connectivity index is 2.31. The zero-order chi connectivity index (χ0) is 16.3. The minimum Gasteiger partial charge on any atom is -0.459 e. The number of aryl methyl sites for hydroxylation is 1. The first-order valence-electron chi connectivity index (χ1n) is 6.91. The van der Waals surface area contributed by atoms with Crippen molar-refractivity contribution in [2.45, 2.75) is 26.9 Å². The Kier molecular flexibility index (Phi) is 5.08. The van der Waals surface area contributed by atoms with Crippen LogP contribution in [0.5, 0.6) is 11.5 Å². The zero-order valence-electron chi connectivity index (χ0n) is 12.7. The molecule has 0 spiro atoms. The number of benzene rings is 2. The molecule has 0 saturated heterocycles. The third-order valence-corrected chi connectivity index (χ3v) is 3.48. The van der Waals surface area contributed by atoms with Crippen LogP contribution >= 0.6 is 15.9 Å². The molecule has 0 aliphatic heterocycles. The number of ether oxygens (including phenoxy) is 2. The molecule has 0 amide bonds. The Hall–Kier alpha value is -2.01. The van der Waals surface area contributed by atoms with Gasteiger partial charge in [0.25, 0.3) is 0 Å². The molecule has 0 aliphatic carbocycles. The number of esters is 1. The van der Waals surface area contributed by atoms with E-state index in [0.717, 1.165) is 10.0 Å². The van der Waals surface area contributed by atoms with Crippen molar-refractivity contribution in [1.29, 1.82) is 0 Å². The summed E-state index contributed by atoms with van der Waals surface area (Å²) in [6, 6.07) is 10.8. The van der Waals surface area contributed by atoms with Gasteiger partial charge in [-0.25, -0.2) is 4.79 Å². The second-order valence-corrected chi connectivity index (χ2v) is 6.13. The Bertz CT molecular complexity index is 681. The van der Waals surface area contributed by atoms with E-state index in [1.54, 1.807) is 26.0 Å². The summed E-state index contributed by atoms with van der Waals surface area (Å²) in [5, 5.41) is 0. The topological polar surface area (TPSA) is 61.6 Å². The van der Waals surface area contributed by atoms with Crippen molar-refractivity contribution >= 4 is 27.6 Å². The van der Waals surface area contributed by atoms with Gasteiger partial charge in [-0.1, -0.05) is 15.9 Å². The van der Waals surface area contributed by atoms with Gasteiger partial charge in [0, 0.05) is 10.2 Å². The molecule has 4 nitrogen and oxygen atoms in total. The van der Waals surface area contributed by atoms with E-state index in [2.05, 4.69) is 15.9 Å². The van der Waals surface area contributed by atoms with E-state index >= 15 is 0 Å². The maximum absolute atomic E-state index is 12.1. The zero-order valence-corrected chi connectivity index (χ0v) is 14.3. The predicted molar refractivity (Wildman–Crippen MR) is 90.4 cm³/mol. The normalized spacial score (nSPS) is 10.6. The van der Waals surface area contributed by atoms with Gasteiger partial charge in [0.1, 0.15) is 11.5 Å². The number of nitrogen functional groups attached to an aromatic ring is 1. The van der Waals surface area contributed by atoms with Crippen LogP contribution in [-0.2, 0) is 4.74 Å². The molecule has 22 heavy (non-hydrogen) atoms. The Morgan fingerprint density at radius 2 is 1.82 bits per heavy atom. The van der Waals surface area contributed by atoms with Crippen LogP contribution in [0.25, 0.3) is 0 Å². The van der Waals surface area contributed by atoms with Gasteiger partial charge in [-0.2, -0.15) is 0 Å². The number of anilines is 1. The van der Waals surface area contributed by atoms with Gasteiger partial charge in [0.15, 0.2) is 0 Å². The maximum atomic E-state index is 12.1. The first-order valence-corrected chi connectivity index (χ1v) is 7.70. The van der Waals surface area contributed by atoms with Crippen LogP contribution in [0.2, 0.25) is 0 Å². The summed E-state index contributed by atoms with van der Waals surface area (Å²) in [5.41, 5.74) is 7.46. The second kappa shape index (κ2) is 6.83. The molecule has 0 saturated carbocycles. The van der Waals surface area contributed by atoms with Crippen molar-refractivity contribution < 1.29 is 14.3 Å². The minimum atomic E-state index is -0.451. The molecular weight excluding hydrogens is 346 g/mol. The fourth-order valence-electron chi connectivity index (χ4n) is 1.90. The summed E-state index contributed by atoms with van der Waals surface area (Å²) in [7, 11) is 0. The quantitative estimate of drug-likeness (QED) is 0.631. The molecular formula is C17H18BrNO3. The number of rotatable bonds is 4. The standard InChI is InChI=1S/C17H18BrNO3/c1-10(2)21-17(20)14-9-16(11(3)8-15(14)19)22-13-6-4-12(18)5-7-13/h4-10H,19H2,1-3H3. The van der Waals surface area contributed by atoms with Crippen molar-refractivity contribution in [3.05, 3.63) is 52.0 Å². The van der Waals surface area contributed by atoms with Crippen molar-refractivity contribution in [1.82, 2.24) is 0 Å². The molecule has 0 fully saturated rings. The van der Waals surface area contributed by atoms with E-state index in [1.165, 1.54) is 0 Å². The third kappa shape index (κ3) is 4.01. The lowest BCUT2D eigenvalue weighted by Gasteiger charge is -2.14. The monoisotopic (exact) mass is 363 g/mol. The summed E-state index contributed by atoms with van der Waals surface area (Å²) < 4.78 is 12.0. The summed E-state index contributed by atoms with van der Waals surface area (Å²) in [4.78, 5) is 12.1. The average molecular weight is 364 g/mol. The van der Waals surface area contributed by atoms with Crippen LogP contribution in [0.4, 0.5) is 5.69 Å². The van der Waals surface area contributed by atoms with Gasteiger partial charge in [-0.15, -0.1) is 0 Å². The summed E-state index contributed by atoms with van der Waals surface area (Å²) in [6.45, 7) is 5.46. The highest BCUT2D eigenvalue weighted by Gasteiger charge is 2.16. The molecule has 0 radical (unpaired) electrons. The van der Waals surface area contributed by atoms with E-state index in [1.807, 2.05) is 31.2 Å². The molecule has 2 aromatic rings. The third-order valence-electron chi connectivity index (χ3n) is 2.95. The van der Waals surface area contributed by atoms with E-state index < -0.39 is 5.97 Å². The van der Waals surface area contributed by atoms with Crippen molar-refractivity contribution in [3.63, 3.8) is 0 Å². The highest BCUT2D eigenvalue weighted by molar-refractivity contribution is 9.10. The largest absolute Gasteiger partial charge is 0.459 e. The summed E-state index contributed by atoms with van der Waals surface area (Å²) in [5.74, 6) is 0.805. The minimum absolute atomic E-state index is 0.205. The van der Waals surface area contributed by atoms with E-state index in [9.17, 15) is 4.79 Å². The van der Waals surface area contributed by atoms with Gasteiger partial charge >= 0.3 is 5.97 Å². The molecule has 0 bridgehead atoms. The Morgan fingerprint density at radius 1 is 1.18 bits per heavy atom. The van der Waals surface area contributed by atoms with Crippen molar-refractivity contribution in [3.8, 4) is 11.5 Å². The molecule has 0 aliphatic rings. The van der Waals surface area contributed by atoms with E-state index in [0.29, 0.717) is 22.7 Å². The first-order chi connectivity index (χ1) is 10.4. The summed E-state index contributed by atoms with van der Waals surface area (Å²) in [6.07, 6.45) is -0.205. The van der Waals surface area contributed by atoms with Gasteiger partial charge in [0.2, 0.25) is 0 Å². The number of hydrogen-bond donors (Lipinski definition) is 1. The number of carbonyl (C=O) groups excluding carboxylic acids is 1. The predicted octanol–water partition coefficient (Wildman–Crippen LogP) is 4.70. The molecule has 0 atom stereocenters. The van der Waals surface area contributed by atoms with Crippen LogP contribution in [-0.4, -0.2) is 12.1 Å². The second-order valence-electron chi connectivity index (χ2n) is 5.22. The Labute approximate surface area is 138 Å². The Morgan fingerprint density at radius 3 is 2.41 bits per heavy atom. The molecule has 2 aromatic carbocycles. The molecule has 2 N–H and O–H groups in total. The van der Waals surface area contributed by atoms with Gasteiger partial charge in [0.05, 0.1) is 11.7 Å². The molecule has 5 heteroatoms. The maximum Gasteiger partial charge on any atom is 0.340 e. The van der Waals surface area contributed by atoms with Crippen LogP contribution < -0.4 is 10.5 Å². The van der Waals surface area contributed by atoms with Gasteiger partial charge in [-0.3, -0.25) is 0 Å². The number of nitrogens with two attached hydrogens (primary N) is 1. The van der Waals surface area contributed by atoms with Gasteiger partial charge in [-0.05, 0) is 62.7 Å². The lowest BCUT2D eigenvalue weighted by Crippen LogP contribution is -2.13. The van der Waals surface area contributed by atoms with Gasteiger partial charge < -0.3 is 15.2 Å². The lowest BCUT2D eigenvalue weighted by molar-refractivity contribution is 0.0379. The molecule has 0 heterocycles. The number of carbonyl (C=O) groups is 1. The fraction of sp³-hybridized carbons (Fsp3) is 0.235. The number of halogens is 1. The average Bonchev–Trinajstić information content (AvgIpc) is 2.43. The van der Waals surface area contributed by atoms with Crippen LogP contribution in [0.1, 0.15) is 29.8 Å². The van der Waals surface area contributed by atoms with E-state index in [4.69, 9.17) is 15.2 Å². The van der Waals surface area contributed by atoms with Crippen LogP contribution in [0, 0.1) is 6.92 Å².